The molecule has 2 aromatic carbocycles. The van der Waals surface area contributed by atoms with E-state index in [4.69, 9.17) is 4.74 Å². The van der Waals surface area contributed by atoms with Gasteiger partial charge in [-0.2, -0.15) is 0 Å². The molecule has 0 saturated carbocycles. The highest BCUT2D eigenvalue weighted by Gasteiger charge is 2.20. The molecule has 5 heteroatoms. The van der Waals surface area contributed by atoms with Crippen LogP contribution in [0.4, 0.5) is 11.5 Å². The number of aromatic nitrogens is 1. The molecule has 2 N–H and O–H groups in total. The van der Waals surface area contributed by atoms with Crippen molar-refractivity contribution in [1.82, 2.24) is 0 Å². The number of benzene rings is 2. The number of H-pyrrole nitrogens is 1. The van der Waals surface area contributed by atoms with E-state index in [2.05, 4.69) is 28.2 Å². The molecule has 1 amide bonds. The number of anilines is 2. The summed E-state index contributed by atoms with van der Waals surface area (Å²) in [7, 11) is 0. The summed E-state index contributed by atoms with van der Waals surface area (Å²) in [5.41, 5.74) is 5.29. The van der Waals surface area contributed by atoms with Crippen LogP contribution in [-0.2, 0) is 16.0 Å². The number of ether oxygens (including phenoxy) is 1. The van der Waals surface area contributed by atoms with Gasteiger partial charge in [-0.15, -0.1) is 0 Å². The van der Waals surface area contributed by atoms with Crippen molar-refractivity contribution in [2.75, 3.05) is 36.5 Å². The Balaban J connectivity index is 1.51. The number of nitrogens with zero attached hydrogens (tertiary/aromatic N) is 1. The molecule has 1 aliphatic rings. The van der Waals surface area contributed by atoms with Gasteiger partial charge >= 0.3 is 0 Å². The van der Waals surface area contributed by atoms with Gasteiger partial charge in [-0.1, -0.05) is 29.8 Å². The number of fused-ring (bicyclic) bond motifs is 1. The van der Waals surface area contributed by atoms with Crippen LogP contribution in [0.2, 0.25) is 0 Å². The molecule has 1 aliphatic heterocycles. The van der Waals surface area contributed by atoms with Crippen LogP contribution in [0, 0.1) is 13.8 Å². The fourth-order valence-electron chi connectivity index (χ4n) is 3.59. The molecule has 1 saturated heterocycles. The minimum absolute atomic E-state index is 0.00484. The first-order chi connectivity index (χ1) is 13.6. The normalized spacial score (nSPS) is 14.3. The SMILES string of the molecule is Cc1ccc(CC(=O)Nc2ccc3[nH+]c(N4CCOCC4)cc(C)c3c2)cc1. The van der Waals surface area contributed by atoms with E-state index in [1.54, 1.807) is 0 Å². The fraction of sp³-hybridized carbons (Fsp3) is 0.304. The molecular weight excluding hydrogens is 350 g/mol. The van der Waals surface area contributed by atoms with E-state index in [9.17, 15) is 4.79 Å². The smallest absolute Gasteiger partial charge is 0.275 e. The van der Waals surface area contributed by atoms with Gasteiger partial charge in [0.15, 0.2) is 0 Å². The summed E-state index contributed by atoms with van der Waals surface area (Å²) >= 11 is 0. The molecule has 0 aliphatic carbocycles. The number of hydrogen-bond acceptors (Lipinski definition) is 3. The maximum atomic E-state index is 12.4. The maximum Gasteiger partial charge on any atom is 0.275 e. The lowest BCUT2D eigenvalue weighted by atomic mass is 10.1. The van der Waals surface area contributed by atoms with Crippen molar-refractivity contribution in [2.45, 2.75) is 20.3 Å². The molecule has 2 heterocycles. The number of rotatable bonds is 4. The summed E-state index contributed by atoms with van der Waals surface area (Å²) < 4.78 is 5.44. The lowest BCUT2D eigenvalue weighted by molar-refractivity contribution is -0.331. The number of pyridine rings is 1. The first kappa shape index (κ1) is 18.4. The first-order valence-electron chi connectivity index (χ1n) is 9.73. The van der Waals surface area contributed by atoms with Crippen molar-refractivity contribution in [3.8, 4) is 0 Å². The van der Waals surface area contributed by atoms with Crippen LogP contribution in [-0.4, -0.2) is 32.2 Å². The Morgan fingerprint density at radius 3 is 2.57 bits per heavy atom. The van der Waals surface area contributed by atoms with E-state index in [1.807, 2.05) is 49.4 Å². The van der Waals surface area contributed by atoms with Gasteiger partial charge in [0.1, 0.15) is 18.6 Å². The Hall–Kier alpha value is -2.92. The van der Waals surface area contributed by atoms with Gasteiger partial charge in [0.2, 0.25) is 5.91 Å². The average Bonchev–Trinajstić information content (AvgIpc) is 2.71. The fourth-order valence-corrected chi connectivity index (χ4v) is 3.59. The number of carbonyl (C=O) groups excluding carboxylic acids is 1. The highest BCUT2D eigenvalue weighted by atomic mass is 16.5. The van der Waals surface area contributed by atoms with E-state index in [-0.39, 0.29) is 5.91 Å². The van der Waals surface area contributed by atoms with E-state index >= 15 is 0 Å². The molecule has 4 rings (SSSR count). The molecular formula is C23H26N3O2+. The van der Waals surface area contributed by atoms with Crippen LogP contribution in [0.5, 0.6) is 0 Å². The van der Waals surface area contributed by atoms with Crippen LogP contribution in [0.15, 0.2) is 48.5 Å². The third kappa shape index (κ3) is 4.15. The maximum absolute atomic E-state index is 12.4. The Bertz CT molecular complexity index is 993. The molecule has 1 fully saturated rings. The molecule has 3 aromatic rings. The number of aromatic amines is 1. The molecule has 1 aromatic heterocycles. The topological polar surface area (TPSA) is 55.7 Å². The van der Waals surface area contributed by atoms with Crippen LogP contribution < -0.4 is 15.2 Å². The van der Waals surface area contributed by atoms with Crippen LogP contribution in [0.1, 0.15) is 16.7 Å². The molecule has 5 nitrogen and oxygen atoms in total. The molecule has 28 heavy (non-hydrogen) atoms. The third-order valence-corrected chi connectivity index (χ3v) is 5.18. The zero-order chi connectivity index (χ0) is 19.5. The van der Waals surface area contributed by atoms with Gasteiger partial charge in [-0.3, -0.25) is 9.69 Å². The first-order valence-corrected chi connectivity index (χ1v) is 9.73. The third-order valence-electron chi connectivity index (χ3n) is 5.18. The summed E-state index contributed by atoms with van der Waals surface area (Å²) in [5, 5.41) is 4.14. The van der Waals surface area contributed by atoms with Crippen molar-refractivity contribution in [1.29, 1.82) is 0 Å². The average molecular weight is 376 g/mol. The van der Waals surface area contributed by atoms with Gasteiger partial charge in [0, 0.05) is 17.1 Å². The van der Waals surface area contributed by atoms with E-state index in [1.165, 1.54) is 11.1 Å². The second-order valence-electron chi connectivity index (χ2n) is 7.41. The Morgan fingerprint density at radius 1 is 1.07 bits per heavy atom. The van der Waals surface area contributed by atoms with E-state index in [0.717, 1.165) is 54.3 Å². The van der Waals surface area contributed by atoms with E-state index in [0.29, 0.717) is 6.42 Å². The van der Waals surface area contributed by atoms with Crippen molar-refractivity contribution < 1.29 is 14.5 Å². The predicted molar refractivity (Wildman–Crippen MR) is 112 cm³/mol. The van der Waals surface area contributed by atoms with Crippen LogP contribution in [0.3, 0.4) is 0 Å². The van der Waals surface area contributed by atoms with Gasteiger partial charge in [0.25, 0.3) is 5.82 Å². The molecule has 0 unspecified atom stereocenters. The van der Waals surface area contributed by atoms with E-state index < -0.39 is 0 Å². The lowest BCUT2D eigenvalue weighted by Crippen LogP contribution is -2.39. The van der Waals surface area contributed by atoms with Crippen molar-refractivity contribution in [2.24, 2.45) is 0 Å². The largest absolute Gasteiger partial charge is 0.373 e. The lowest BCUT2D eigenvalue weighted by Gasteiger charge is -2.22. The summed E-state index contributed by atoms with van der Waals surface area (Å²) in [4.78, 5) is 18.2. The minimum Gasteiger partial charge on any atom is -0.373 e. The van der Waals surface area contributed by atoms with Gasteiger partial charge in [-0.25, -0.2) is 4.98 Å². The summed E-state index contributed by atoms with van der Waals surface area (Å²) in [6.45, 7) is 7.47. The Labute approximate surface area is 165 Å². The number of nitrogens with one attached hydrogen (secondary N) is 2. The quantitative estimate of drug-likeness (QED) is 0.760. The number of hydrogen-bond donors (Lipinski definition) is 1. The monoisotopic (exact) mass is 376 g/mol. The molecule has 144 valence electrons. The number of morpholine rings is 1. The standard InChI is InChI=1S/C23H25N3O2/c1-16-3-5-18(6-4-16)14-23(27)24-19-7-8-21-20(15-19)17(2)13-22(25-21)26-9-11-28-12-10-26/h3-8,13,15H,9-12,14H2,1-2H3,(H,24,27)/p+1. The number of amides is 1. The second-order valence-corrected chi connectivity index (χ2v) is 7.41. The summed E-state index contributed by atoms with van der Waals surface area (Å²) in [6.07, 6.45) is 0.374. The van der Waals surface area contributed by atoms with Gasteiger partial charge < -0.3 is 10.1 Å². The zero-order valence-corrected chi connectivity index (χ0v) is 16.4. The van der Waals surface area contributed by atoms with Crippen LogP contribution >= 0.6 is 0 Å². The minimum atomic E-state index is -0.00484. The van der Waals surface area contributed by atoms with Crippen molar-refractivity contribution >= 4 is 28.3 Å². The highest BCUT2D eigenvalue weighted by Crippen LogP contribution is 2.23. The second kappa shape index (κ2) is 7.98. The Morgan fingerprint density at radius 2 is 1.82 bits per heavy atom. The highest BCUT2D eigenvalue weighted by molar-refractivity contribution is 5.95. The predicted octanol–water partition coefficient (Wildman–Crippen LogP) is 3.29. The molecule has 0 atom stereocenters. The van der Waals surface area contributed by atoms with Crippen molar-refractivity contribution in [3.63, 3.8) is 0 Å². The zero-order valence-electron chi connectivity index (χ0n) is 16.4. The summed E-state index contributed by atoms with van der Waals surface area (Å²) in [5.74, 6) is 1.11. The molecule has 0 radical (unpaired) electrons. The summed E-state index contributed by atoms with van der Waals surface area (Å²) in [6, 6.07) is 16.3. The number of carbonyl (C=O) groups is 1. The molecule has 0 spiro atoms. The van der Waals surface area contributed by atoms with Gasteiger partial charge in [0.05, 0.1) is 19.6 Å². The van der Waals surface area contributed by atoms with Gasteiger partial charge in [-0.05, 0) is 43.2 Å². The number of aryl methyl sites for hydroxylation is 2. The van der Waals surface area contributed by atoms with Crippen molar-refractivity contribution in [3.05, 3.63) is 65.2 Å². The molecule has 0 bridgehead atoms. The Kier molecular flexibility index (Phi) is 5.26. The van der Waals surface area contributed by atoms with Crippen LogP contribution in [0.25, 0.3) is 10.9 Å².